The van der Waals surface area contributed by atoms with Crippen LogP contribution in [0, 0.1) is 5.92 Å². The van der Waals surface area contributed by atoms with Crippen molar-refractivity contribution in [3.05, 3.63) is 24.2 Å². The number of amidine groups is 1. The van der Waals surface area contributed by atoms with Gasteiger partial charge >= 0.3 is 0 Å². The molecule has 0 aromatic heterocycles. The normalized spacial score (nSPS) is 19.3. The predicted molar refractivity (Wildman–Crippen MR) is 113 cm³/mol. The molecule has 0 bridgehead atoms. The van der Waals surface area contributed by atoms with E-state index in [1.165, 1.54) is 32.1 Å². The Hall–Kier alpha value is -2.06. The Kier molecular flexibility index (Phi) is 9.85. The second kappa shape index (κ2) is 12.4. The summed E-state index contributed by atoms with van der Waals surface area (Å²) in [5, 5.41) is 9.52. The molecule has 1 saturated carbocycles. The molecule has 0 radical (unpaired) electrons. The number of aliphatic imine (C=N–C) groups is 1. The third kappa shape index (κ3) is 7.52. The van der Waals surface area contributed by atoms with Gasteiger partial charge in [-0.15, -0.1) is 0 Å². The van der Waals surface area contributed by atoms with Crippen molar-refractivity contribution in [1.29, 1.82) is 0 Å². The lowest BCUT2D eigenvalue weighted by molar-refractivity contribution is -0.130. The fourth-order valence-corrected chi connectivity index (χ4v) is 3.53. The topological polar surface area (TPSA) is 90.0 Å². The molecule has 8 nitrogen and oxygen atoms in total. The molecule has 2 rings (SSSR count). The molecule has 8 heteroatoms. The molecule has 0 aromatic rings. The maximum atomic E-state index is 12.3. The second-order valence-electron chi connectivity index (χ2n) is 7.29. The molecule has 0 spiro atoms. The van der Waals surface area contributed by atoms with Gasteiger partial charge in [0, 0.05) is 32.7 Å². The number of hydrogen-bond acceptors (Lipinski definition) is 6. The Labute approximate surface area is 168 Å². The molecule has 1 heterocycles. The number of hydrogen-bond donors (Lipinski definition) is 4. The number of nitrogens with zero attached hydrogens (tertiary/aromatic N) is 2. The van der Waals surface area contributed by atoms with Gasteiger partial charge in [-0.25, -0.2) is 0 Å². The monoisotopic (exact) mass is 392 g/mol. The Morgan fingerprint density at radius 3 is 2.64 bits per heavy atom. The molecule has 28 heavy (non-hydrogen) atoms. The highest BCUT2D eigenvalue weighted by molar-refractivity contribution is 5.98. The highest BCUT2D eigenvalue weighted by Gasteiger charge is 2.17. The first kappa shape index (κ1) is 22.2. The Morgan fingerprint density at radius 1 is 1.29 bits per heavy atom. The molecule has 0 aromatic carbocycles. The summed E-state index contributed by atoms with van der Waals surface area (Å²) in [4.78, 5) is 24.0. The highest BCUT2D eigenvalue weighted by atomic mass is 16.6. The summed E-state index contributed by atoms with van der Waals surface area (Å²) in [5.74, 6) is 1.92. The maximum Gasteiger partial charge on any atom is 0.242 e. The van der Waals surface area contributed by atoms with Gasteiger partial charge in [0.25, 0.3) is 0 Å². The lowest BCUT2D eigenvalue weighted by Gasteiger charge is -2.28. The molecule has 1 amide bonds. The van der Waals surface area contributed by atoms with Crippen LogP contribution in [-0.2, 0) is 9.63 Å². The number of hydroxylamine groups is 1. The zero-order valence-electron chi connectivity index (χ0n) is 17.4. The van der Waals surface area contributed by atoms with Crippen molar-refractivity contribution in [2.24, 2.45) is 10.9 Å². The summed E-state index contributed by atoms with van der Waals surface area (Å²) in [5.41, 5.74) is 3.60. The van der Waals surface area contributed by atoms with Crippen molar-refractivity contribution in [2.45, 2.75) is 39.0 Å². The lowest BCUT2D eigenvalue weighted by Crippen LogP contribution is -2.49. The molecule has 0 unspecified atom stereocenters. The Bertz CT molecular complexity index is 563. The van der Waals surface area contributed by atoms with Gasteiger partial charge in [-0.1, -0.05) is 31.9 Å². The van der Waals surface area contributed by atoms with Gasteiger partial charge < -0.3 is 20.9 Å². The van der Waals surface area contributed by atoms with Crippen molar-refractivity contribution in [3.63, 3.8) is 0 Å². The van der Waals surface area contributed by atoms with Crippen LogP contribution in [0.1, 0.15) is 39.0 Å². The first-order chi connectivity index (χ1) is 13.6. The standard InChI is InChI=1S/C20H36N6O2/c1-4-18(25-28-3)20(23-14-17-8-6-5-7-9-17)24-16(2)22-15-19(27)26-12-10-21-11-13-26/h4,17,21-22,25H,2,5-15H2,1,3H3,(H,23,24)/b18-4+. The first-order valence-electron chi connectivity index (χ1n) is 10.3. The smallest absolute Gasteiger partial charge is 0.242 e. The third-order valence-electron chi connectivity index (χ3n) is 5.18. The van der Waals surface area contributed by atoms with E-state index in [2.05, 4.69) is 28.0 Å². The van der Waals surface area contributed by atoms with Gasteiger partial charge in [-0.05, 0) is 25.7 Å². The number of allylic oxidation sites excluding steroid dienone is 1. The van der Waals surface area contributed by atoms with Gasteiger partial charge in [-0.2, -0.15) is 0 Å². The van der Waals surface area contributed by atoms with Crippen LogP contribution in [-0.4, -0.2) is 63.0 Å². The highest BCUT2D eigenvalue weighted by Crippen LogP contribution is 2.23. The molecule has 1 aliphatic carbocycles. The molecule has 2 fully saturated rings. The van der Waals surface area contributed by atoms with Crippen LogP contribution in [0.25, 0.3) is 0 Å². The molecule has 4 N–H and O–H groups in total. The molecule has 1 aliphatic heterocycles. The largest absolute Gasteiger partial charge is 0.363 e. The predicted octanol–water partition coefficient (Wildman–Crippen LogP) is 1.10. The van der Waals surface area contributed by atoms with Crippen molar-refractivity contribution in [3.8, 4) is 0 Å². The minimum absolute atomic E-state index is 0.0754. The summed E-state index contributed by atoms with van der Waals surface area (Å²) in [7, 11) is 1.57. The van der Waals surface area contributed by atoms with E-state index in [9.17, 15) is 4.79 Å². The van der Waals surface area contributed by atoms with Crippen LogP contribution in [0.4, 0.5) is 0 Å². The first-order valence-corrected chi connectivity index (χ1v) is 10.3. The van der Waals surface area contributed by atoms with Crippen LogP contribution in [0.2, 0.25) is 0 Å². The Balaban J connectivity index is 1.89. The number of piperazine rings is 1. The molecule has 158 valence electrons. The zero-order valence-corrected chi connectivity index (χ0v) is 17.4. The van der Waals surface area contributed by atoms with E-state index in [1.54, 1.807) is 7.11 Å². The van der Waals surface area contributed by atoms with Gasteiger partial charge in [0.05, 0.1) is 25.2 Å². The molecule has 2 aliphatic rings. The van der Waals surface area contributed by atoms with E-state index in [1.807, 2.05) is 17.9 Å². The molecular weight excluding hydrogens is 356 g/mol. The van der Waals surface area contributed by atoms with Crippen LogP contribution in [0.5, 0.6) is 0 Å². The Morgan fingerprint density at radius 2 is 2.00 bits per heavy atom. The third-order valence-corrected chi connectivity index (χ3v) is 5.18. The van der Waals surface area contributed by atoms with E-state index in [0.717, 1.165) is 38.4 Å². The van der Waals surface area contributed by atoms with Gasteiger partial charge in [0.15, 0.2) is 5.84 Å². The van der Waals surface area contributed by atoms with Crippen molar-refractivity contribution >= 4 is 11.7 Å². The fraction of sp³-hybridized carbons (Fsp3) is 0.700. The average molecular weight is 393 g/mol. The number of amides is 1. The van der Waals surface area contributed by atoms with E-state index < -0.39 is 0 Å². The van der Waals surface area contributed by atoms with E-state index in [4.69, 9.17) is 9.83 Å². The van der Waals surface area contributed by atoms with Crippen molar-refractivity contribution in [2.75, 3.05) is 46.4 Å². The van der Waals surface area contributed by atoms with E-state index in [0.29, 0.717) is 17.6 Å². The van der Waals surface area contributed by atoms with Crippen LogP contribution in [0.15, 0.2) is 29.2 Å². The van der Waals surface area contributed by atoms with Crippen molar-refractivity contribution in [1.82, 2.24) is 26.3 Å². The summed E-state index contributed by atoms with van der Waals surface area (Å²) < 4.78 is 0. The van der Waals surface area contributed by atoms with Gasteiger partial charge in [0.2, 0.25) is 5.91 Å². The lowest BCUT2D eigenvalue weighted by atomic mass is 9.89. The van der Waals surface area contributed by atoms with Gasteiger partial charge in [0.1, 0.15) is 0 Å². The number of nitrogens with one attached hydrogen (secondary N) is 4. The SMILES string of the molecule is C=C(NCC(=O)N1CCNCC1)NC(=NCC1CCCCC1)/C(=C\C)NOC. The quantitative estimate of drug-likeness (QED) is 0.267. The van der Waals surface area contributed by atoms with Gasteiger partial charge in [-0.3, -0.25) is 20.1 Å². The maximum absolute atomic E-state index is 12.3. The van der Waals surface area contributed by atoms with Crippen molar-refractivity contribution < 1.29 is 9.63 Å². The minimum Gasteiger partial charge on any atom is -0.363 e. The summed E-state index contributed by atoms with van der Waals surface area (Å²) in [6.07, 6.45) is 8.28. The molecule has 0 atom stereocenters. The fourth-order valence-electron chi connectivity index (χ4n) is 3.53. The van der Waals surface area contributed by atoms with E-state index in [-0.39, 0.29) is 12.5 Å². The summed E-state index contributed by atoms with van der Waals surface area (Å²) in [6.45, 7) is 10.1. The van der Waals surface area contributed by atoms with Crippen LogP contribution in [0.3, 0.4) is 0 Å². The summed E-state index contributed by atoms with van der Waals surface area (Å²) >= 11 is 0. The molecule has 1 saturated heterocycles. The zero-order chi connectivity index (χ0) is 20.2. The van der Waals surface area contributed by atoms with E-state index >= 15 is 0 Å². The summed E-state index contributed by atoms with van der Waals surface area (Å²) in [6, 6.07) is 0. The number of rotatable bonds is 9. The second-order valence-corrected chi connectivity index (χ2v) is 7.29. The van der Waals surface area contributed by atoms with Crippen LogP contribution >= 0.6 is 0 Å². The number of carbonyl (C=O) groups excluding carboxylic acids is 1. The number of carbonyl (C=O) groups is 1. The van der Waals surface area contributed by atoms with Crippen LogP contribution < -0.4 is 21.4 Å². The average Bonchev–Trinajstić information content (AvgIpc) is 2.74. The minimum atomic E-state index is 0.0754. The molecular formula is C20H36N6O2.